The van der Waals surface area contributed by atoms with Crippen LogP contribution in [0, 0.1) is 0 Å². The zero-order valence-electron chi connectivity index (χ0n) is 9.61. The summed E-state index contributed by atoms with van der Waals surface area (Å²) in [5, 5.41) is 3.26. The summed E-state index contributed by atoms with van der Waals surface area (Å²) >= 11 is 0. The summed E-state index contributed by atoms with van der Waals surface area (Å²) in [6.45, 7) is 1.97. The summed E-state index contributed by atoms with van der Waals surface area (Å²) in [6, 6.07) is 5.73. The molecule has 0 spiro atoms. The van der Waals surface area contributed by atoms with Crippen molar-refractivity contribution in [2.24, 2.45) is 0 Å². The molecule has 16 heavy (non-hydrogen) atoms. The van der Waals surface area contributed by atoms with E-state index in [0.29, 0.717) is 0 Å². The second-order valence-corrected chi connectivity index (χ2v) is 3.89. The second-order valence-electron chi connectivity index (χ2n) is 3.89. The fraction of sp³-hybridized carbons (Fsp3) is 0.417. The Morgan fingerprint density at radius 3 is 2.75 bits per heavy atom. The van der Waals surface area contributed by atoms with Crippen LogP contribution in [0.1, 0.15) is 18.4 Å². The zero-order chi connectivity index (χ0) is 11.7. The third-order valence-corrected chi connectivity index (χ3v) is 2.93. The quantitative estimate of drug-likeness (QED) is 0.773. The van der Waals surface area contributed by atoms with Gasteiger partial charge in [0.1, 0.15) is 11.7 Å². The Hall–Kier alpha value is -1.71. The fourth-order valence-corrected chi connectivity index (χ4v) is 2.11. The number of benzene rings is 1. The Bertz CT molecular complexity index is 417. The van der Waals surface area contributed by atoms with Gasteiger partial charge in [-0.2, -0.15) is 0 Å². The monoisotopic (exact) mass is 221 g/mol. The van der Waals surface area contributed by atoms with Crippen molar-refractivity contribution in [1.29, 1.82) is 0 Å². The van der Waals surface area contributed by atoms with Gasteiger partial charge in [-0.25, -0.2) is 0 Å². The molecule has 4 nitrogen and oxygen atoms in total. The van der Waals surface area contributed by atoms with Crippen LogP contribution in [0.15, 0.2) is 18.2 Å². The molecule has 0 saturated heterocycles. The van der Waals surface area contributed by atoms with Crippen molar-refractivity contribution in [2.45, 2.75) is 18.9 Å². The van der Waals surface area contributed by atoms with Gasteiger partial charge < -0.3 is 14.8 Å². The van der Waals surface area contributed by atoms with Crippen LogP contribution < -0.4 is 10.1 Å². The van der Waals surface area contributed by atoms with E-state index < -0.39 is 0 Å². The van der Waals surface area contributed by atoms with Gasteiger partial charge in [0.05, 0.1) is 14.2 Å². The van der Waals surface area contributed by atoms with Crippen molar-refractivity contribution in [2.75, 3.05) is 19.5 Å². The largest absolute Gasteiger partial charge is 0.497 e. The predicted octanol–water partition coefficient (Wildman–Crippen LogP) is 1.77. The van der Waals surface area contributed by atoms with Gasteiger partial charge >= 0.3 is 5.97 Å². The van der Waals surface area contributed by atoms with Crippen LogP contribution >= 0.6 is 0 Å². The molecule has 86 valence electrons. The van der Waals surface area contributed by atoms with Crippen molar-refractivity contribution in [3.63, 3.8) is 0 Å². The number of fused-ring (bicyclic) bond motifs is 1. The number of ether oxygens (including phenoxy) is 2. The van der Waals surface area contributed by atoms with E-state index in [2.05, 4.69) is 5.32 Å². The van der Waals surface area contributed by atoms with E-state index in [1.165, 1.54) is 7.11 Å². The molecule has 1 heterocycles. The van der Waals surface area contributed by atoms with Crippen LogP contribution in [-0.4, -0.2) is 26.2 Å². The fourth-order valence-electron chi connectivity index (χ4n) is 2.11. The maximum absolute atomic E-state index is 11.7. The van der Waals surface area contributed by atoms with E-state index in [9.17, 15) is 4.79 Å². The first-order chi connectivity index (χ1) is 7.67. The number of carbonyl (C=O) groups excluding carboxylic acids is 1. The maximum Gasteiger partial charge on any atom is 0.315 e. The van der Waals surface area contributed by atoms with Crippen LogP contribution in [0.4, 0.5) is 5.69 Å². The van der Waals surface area contributed by atoms with E-state index in [1.807, 2.05) is 25.1 Å². The number of methoxy groups -OCH3 is 2. The number of esters is 1. The van der Waals surface area contributed by atoms with Crippen molar-refractivity contribution in [1.82, 2.24) is 0 Å². The van der Waals surface area contributed by atoms with Gasteiger partial charge in [-0.05, 0) is 30.7 Å². The molecule has 0 aliphatic carbocycles. The number of carbonyl (C=O) groups is 1. The molecule has 2 rings (SSSR count). The molecular weight excluding hydrogens is 206 g/mol. The molecule has 0 radical (unpaired) electrons. The highest BCUT2D eigenvalue weighted by Gasteiger charge is 2.35. The Morgan fingerprint density at radius 1 is 1.38 bits per heavy atom. The molecule has 4 heteroatoms. The van der Waals surface area contributed by atoms with Gasteiger partial charge in [-0.15, -0.1) is 0 Å². The Kier molecular flexibility index (Phi) is 2.73. The topological polar surface area (TPSA) is 47.6 Å². The molecule has 0 bridgehead atoms. The van der Waals surface area contributed by atoms with Crippen LogP contribution in [0.3, 0.4) is 0 Å². The van der Waals surface area contributed by atoms with E-state index in [0.717, 1.165) is 17.0 Å². The summed E-state index contributed by atoms with van der Waals surface area (Å²) in [5.41, 5.74) is 1.92. The van der Waals surface area contributed by atoms with E-state index >= 15 is 0 Å². The Balaban J connectivity index is 2.41. The molecule has 2 unspecified atom stereocenters. The molecule has 1 N–H and O–H groups in total. The second kappa shape index (κ2) is 4.04. The number of anilines is 1. The van der Waals surface area contributed by atoms with Crippen LogP contribution in [0.25, 0.3) is 0 Å². The van der Waals surface area contributed by atoms with Crippen LogP contribution in [-0.2, 0) is 9.53 Å². The molecular formula is C12H15NO3. The highest BCUT2D eigenvalue weighted by molar-refractivity contribution is 5.85. The van der Waals surface area contributed by atoms with Gasteiger partial charge in [0.2, 0.25) is 0 Å². The summed E-state index contributed by atoms with van der Waals surface area (Å²) in [5.74, 6) is 0.283. The first kappa shape index (κ1) is 10.8. The average Bonchev–Trinajstić information content (AvgIpc) is 2.63. The third-order valence-electron chi connectivity index (χ3n) is 2.93. The molecule has 0 aromatic heterocycles. The smallest absolute Gasteiger partial charge is 0.315 e. The molecule has 1 aliphatic rings. The normalized spacial score (nSPS) is 22.2. The first-order valence-electron chi connectivity index (χ1n) is 5.19. The summed E-state index contributed by atoms with van der Waals surface area (Å²) < 4.78 is 9.97. The Morgan fingerprint density at radius 2 is 2.12 bits per heavy atom. The van der Waals surface area contributed by atoms with Crippen LogP contribution in [0.5, 0.6) is 5.75 Å². The minimum atomic E-state index is -0.255. The number of nitrogens with one attached hydrogen (secondary N) is 1. The third kappa shape index (κ3) is 1.60. The molecule has 0 fully saturated rings. The predicted molar refractivity (Wildman–Crippen MR) is 60.8 cm³/mol. The van der Waals surface area contributed by atoms with E-state index in [4.69, 9.17) is 9.47 Å². The lowest BCUT2D eigenvalue weighted by atomic mass is 9.96. The van der Waals surface area contributed by atoms with Crippen molar-refractivity contribution >= 4 is 11.7 Å². The van der Waals surface area contributed by atoms with Gasteiger partial charge in [-0.1, -0.05) is 0 Å². The summed E-state index contributed by atoms with van der Waals surface area (Å²) in [6.07, 6.45) is 0. The zero-order valence-corrected chi connectivity index (χ0v) is 9.61. The van der Waals surface area contributed by atoms with Gasteiger partial charge in [0, 0.05) is 11.7 Å². The highest BCUT2D eigenvalue weighted by Crippen LogP contribution is 2.38. The summed E-state index contributed by atoms with van der Waals surface area (Å²) in [7, 11) is 3.02. The number of hydrogen-bond acceptors (Lipinski definition) is 4. The van der Waals surface area contributed by atoms with Gasteiger partial charge in [0.15, 0.2) is 0 Å². The van der Waals surface area contributed by atoms with Crippen molar-refractivity contribution < 1.29 is 14.3 Å². The minimum absolute atomic E-state index is 0.0505. The van der Waals surface area contributed by atoms with E-state index in [-0.39, 0.29) is 17.9 Å². The molecule has 0 amide bonds. The maximum atomic E-state index is 11.7. The lowest BCUT2D eigenvalue weighted by Crippen LogP contribution is -2.24. The number of hydrogen-bond donors (Lipinski definition) is 1. The lowest BCUT2D eigenvalue weighted by molar-refractivity contribution is -0.142. The molecule has 1 aromatic rings. The standard InChI is InChI=1S/C12H15NO3/c1-7-11(12(14)16-3)9-6-8(15-2)4-5-10(9)13-7/h4-7,11,13H,1-3H3. The van der Waals surface area contributed by atoms with E-state index in [1.54, 1.807) is 7.11 Å². The summed E-state index contributed by atoms with van der Waals surface area (Å²) in [4.78, 5) is 11.7. The first-order valence-corrected chi connectivity index (χ1v) is 5.19. The molecule has 1 aliphatic heterocycles. The van der Waals surface area contributed by atoms with Crippen molar-refractivity contribution in [3.05, 3.63) is 23.8 Å². The lowest BCUT2D eigenvalue weighted by Gasteiger charge is -2.13. The Labute approximate surface area is 94.6 Å². The van der Waals surface area contributed by atoms with Gasteiger partial charge in [0.25, 0.3) is 0 Å². The molecule has 1 aromatic carbocycles. The van der Waals surface area contributed by atoms with Gasteiger partial charge in [-0.3, -0.25) is 4.79 Å². The SMILES string of the molecule is COC(=O)C1c2cc(OC)ccc2NC1C. The molecule has 0 saturated carbocycles. The molecule has 2 atom stereocenters. The number of rotatable bonds is 2. The highest BCUT2D eigenvalue weighted by atomic mass is 16.5. The van der Waals surface area contributed by atoms with Crippen LogP contribution in [0.2, 0.25) is 0 Å². The average molecular weight is 221 g/mol. The van der Waals surface area contributed by atoms with Crippen molar-refractivity contribution in [3.8, 4) is 5.75 Å². The minimum Gasteiger partial charge on any atom is -0.497 e.